The van der Waals surface area contributed by atoms with Crippen molar-refractivity contribution in [3.63, 3.8) is 0 Å². The average Bonchev–Trinajstić information content (AvgIpc) is 2.80. The quantitative estimate of drug-likeness (QED) is 0.842. The SMILES string of the molecule is Cc1cc(C(F)(F)F)nn1[C@@H](C)C(=O)N1CCC(C)CC1. The molecule has 21 heavy (non-hydrogen) atoms. The monoisotopic (exact) mass is 303 g/mol. The van der Waals surface area contributed by atoms with Crippen molar-refractivity contribution >= 4 is 5.91 Å². The van der Waals surface area contributed by atoms with E-state index in [4.69, 9.17) is 0 Å². The number of aromatic nitrogens is 2. The molecule has 1 amide bonds. The lowest BCUT2D eigenvalue weighted by Crippen LogP contribution is -2.41. The Morgan fingerprint density at radius 3 is 2.43 bits per heavy atom. The number of likely N-dealkylation sites (tertiary alicyclic amines) is 1. The first-order chi connectivity index (χ1) is 9.70. The van der Waals surface area contributed by atoms with Crippen LogP contribution in [0.5, 0.6) is 0 Å². The largest absolute Gasteiger partial charge is 0.435 e. The van der Waals surface area contributed by atoms with Crippen LogP contribution in [0.2, 0.25) is 0 Å². The number of hydrogen-bond donors (Lipinski definition) is 0. The molecule has 2 rings (SSSR count). The second-order valence-corrected chi connectivity index (χ2v) is 5.80. The highest BCUT2D eigenvalue weighted by Crippen LogP contribution is 2.29. The Labute approximate surface area is 121 Å². The number of rotatable bonds is 2. The first-order valence-electron chi connectivity index (χ1n) is 7.12. The summed E-state index contributed by atoms with van der Waals surface area (Å²) in [4.78, 5) is 14.1. The van der Waals surface area contributed by atoms with Gasteiger partial charge in [0.25, 0.3) is 0 Å². The van der Waals surface area contributed by atoms with Crippen LogP contribution in [-0.2, 0) is 11.0 Å². The minimum absolute atomic E-state index is 0.165. The molecule has 0 bridgehead atoms. The number of nitrogens with zero attached hydrogens (tertiary/aromatic N) is 3. The summed E-state index contributed by atoms with van der Waals surface area (Å²) in [7, 11) is 0. The van der Waals surface area contributed by atoms with Crippen LogP contribution in [-0.4, -0.2) is 33.7 Å². The van der Waals surface area contributed by atoms with Gasteiger partial charge < -0.3 is 4.90 Å². The molecule has 1 aliphatic rings. The molecule has 0 aromatic carbocycles. The summed E-state index contributed by atoms with van der Waals surface area (Å²) >= 11 is 0. The number of halogens is 3. The van der Waals surface area contributed by atoms with Gasteiger partial charge in [-0.2, -0.15) is 18.3 Å². The third-order valence-corrected chi connectivity index (χ3v) is 4.03. The molecule has 0 N–H and O–H groups in total. The Morgan fingerprint density at radius 1 is 1.38 bits per heavy atom. The van der Waals surface area contributed by atoms with E-state index in [0.29, 0.717) is 24.7 Å². The fourth-order valence-corrected chi connectivity index (χ4v) is 2.62. The number of carbonyl (C=O) groups is 1. The lowest BCUT2D eigenvalue weighted by atomic mass is 9.99. The van der Waals surface area contributed by atoms with Gasteiger partial charge in [-0.1, -0.05) is 6.92 Å². The molecule has 1 aromatic heterocycles. The molecule has 4 nitrogen and oxygen atoms in total. The molecule has 0 saturated carbocycles. The van der Waals surface area contributed by atoms with Crippen molar-refractivity contribution in [3.8, 4) is 0 Å². The molecule has 7 heteroatoms. The van der Waals surface area contributed by atoms with Gasteiger partial charge in [-0.25, -0.2) is 0 Å². The summed E-state index contributed by atoms with van der Waals surface area (Å²) in [6, 6.07) is 0.261. The van der Waals surface area contributed by atoms with Crippen LogP contribution in [0, 0.1) is 12.8 Å². The Hall–Kier alpha value is -1.53. The van der Waals surface area contributed by atoms with E-state index in [1.165, 1.54) is 11.6 Å². The van der Waals surface area contributed by atoms with Gasteiger partial charge in [0.1, 0.15) is 6.04 Å². The van der Waals surface area contributed by atoms with Gasteiger partial charge >= 0.3 is 6.18 Å². The summed E-state index contributed by atoms with van der Waals surface area (Å²) in [5, 5.41) is 3.56. The second-order valence-electron chi connectivity index (χ2n) is 5.80. The van der Waals surface area contributed by atoms with E-state index in [1.54, 1.807) is 11.8 Å². The van der Waals surface area contributed by atoms with Crippen LogP contribution in [0.15, 0.2) is 6.07 Å². The highest BCUT2D eigenvalue weighted by Gasteiger charge is 2.36. The summed E-state index contributed by atoms with van der Waals surface area (Å²) in [6.07, 6.45) is -2.62. The first-order valence-corrected chi connectivity index (χ1v) is 7.12. The molecule has 1 saturated heterocycles. The Balaban J connectivity index is 2.14. The van der Waals surface area contributed by atoms with Crippen molar-refractivity contribution < 1.29 is 18.0 Å². The van der Waals surface area contributed by atoms with E-state index < -0.39 is 17.9 Å². The molecule has 1 aliphatic heterocycles. The maximum Gasteiger partial charge on any atom is 0.435 e. The molecule has 1 atom stereocenters. The number of hydrogen-bond acceptors (Lipinski definition) is 2. The van der Waals surface area contributed by atoms with Crippen LogP contribution in [0.3, 0.4) is 0 Å². The first kappa shape index (κ1) is 15.9. The molecular formula is C14H20F3N3O. The third kappa shape index (κ3) is 3.39. The van der Waals surface area contributed by atoms with E-state index in [1.807, 2.05) is 0 Å². The Kier molecular flexibility index (Phi) is 4.30. The van der Waals surface area contributed by atoms with Crippen LogP contribution in [0.4, 0.5) is 13.2 Å². The Bertz CT molecular complexity index is 516. The van der Waals surface area contributed by atoms with Gasteiger partial charge in [0.15, 0.2) is 5.69 Å². The van der Waals surface area contributed by atoms with E-state index in [-0.39, 0.29) is 5.91 Å². The van der Waals surface area contributed by atoms with Gasteiger partial charge in [0.2, 0.25) is 5.91 Å². The number of alkyl halides is 3. The van der Waals surface area contributed by atoms with Crippen molar-refractivity contribution in [2.24, 2.45) is 5.92 Å². The van der Waals surface area contributed by atoms with Crippen molar-refractivity contribution in [1.29, 1.82) is 0 Å². The summed E-state index contributed by atoms with van der Waals surface area (Å²) in [5.41, 5.74) is -0.611. The Morgan fingerprint density at radius 2 is 1.95 bits per heavy atom. The van der Waals surface area contributed by atoms with Crippen molar-refractivity contribution in [1.82, 2.24) is 14.7 Å². The van der Waals surface area contributed by atoms with Gasteiger partial charge in [0, 0.05) is 18.8 Å². The lowest BCUT2D eigenvalue weighted by Gasteiger charge is -2.32. The fraction of sp³-hybridized carbons (Fsp3) is 0.714. The fourth-order valence-electron chi connectivity index (χ4n) is 2.62. The van der Waals surface area contributed by atoms with Crippen molar-refractivity contribution in [2.45, 2.75) is 45.8 Å². The van der Waals surface area contributed by atoms with E-state index in [9.17, 15) is 18.0 Å². The van der Waals surface area contributed by atoms with Gasteiger partial charge in [-0.3, -0.25) is 9.48 Å². The topological polar surface area (TPSA) is 38.1 Å². The van der Waals surface area contributed by atoms with E-state index >= 15 is 0 Å². The molecule has 2 heterocycles. The molecule has 0 unspecified atom stereocenters. The summed E-state index contributed by atoms with van der Waals surface area (Å²) < 4.78 is 39.2. The normalized spacial score (nSPS) is 18.9. The van der Waals surface area contributed by atoms with Gasteiger partial charge in [-0.15, -0.1) is 0 Å². The molecule has 1 aromatic rings. The predicted molar refractivity (Wildman–Crippen MR) is 71.7 cm³/mol. The highest BCUT2D eigenvalue weighted by molar-refractivity contribution is 5.80. The zero-order valence-electron chi connectivity index (χ0n) is 12.4. The summed E-state index contributed by atoms with van der Waals surface area (Å²) in [6.45, 7) is 6.59. The van der Waals surface area contributed by atoms with E-state index in [2.05, 4.69) is 12.0 Å². The predicted octanol–water partition coefficient (Wildman–Crippen LogP) is 3.03. The second kappa shape index (κ2) is 5.69. The zero-order valence-corrected chi connectivity index (χ0v) is 12.4. The average molecular weight is 303 g/mol. The van der Waals surface area contributed by atoms with Crippen LogP contribution >= 0.6 is 0 Å². The maximum atomic E-state index is 12.7. The van der Waals surface area contributed by atoms with Crippen molar-refractivity contribution in [3.05, 3.63) is 17.5 Å². The van der Waals surface area contributed by atoms with Crippen LogP contribution in [0.1, 0.15) is 44.1 Å². The van der Waals surface area contributed by atoms with Gasteiger partial charge in [0.05, 0.1) is 0 Å². The minimum atomic E-state index is -4.49. The van der Waals surface area contributed by atoms with E-state index in [0.717, 1.165) is 18.9 Å². The highest BCUT2D eigenvalue weighted by atomic mass is 19.4. The smallest absolute Gasteiger partial charge is 0.341 e. The molecule has 118 valence electrons. The molecule has 1 fully saturated rings. The molecule has 0 spiro atoms. The number of aryl methyl sites for hydroxylation is 1. The minimum Gasteiger partial charge on any atom is -0.341 e. The maximum absolute atomic E-state index is 12.7. The number of amides is 1. The standard InChI is InChI=1S/C14H20F3N3O/c1-9-4-6-19(7-5-9)13(21)11(3)20-10(2)8-12(18-20)14(15,16)17/h8-9,11H,4-7H2,1-3H3/t11-/m0/s1. The van der Waals surface area contributed by atoms with Crippen LogP contribution < -0.4 is 0 Å². The molecule has 0 radical (unpaired) electrons. The zero-order chi connectivity index (χ0) is 15.8. The van der Waals surface area contributed by atoms with Crippen molar-refractivity contribution in [2.75, 3.05) is 13.1 Å². The number of carbonyl (C=O) groups excluding carboxylic acids is 1. The van der Waals surface area contributed by atoms with Gasteiger partial charge in [-0.05, 0) is 38.7 Å². The molecule has 0 aliphatic carbocycles. The third-order valence-electron chi connectivity index (χ3n) is 4.03. The van der Waals surface area contributed by atoms with Crippen LogP contribution in [0.25, 0.3) is 0 Å². The molecular weight excluding hydrogens is 283 g/mol. The summed E-state index contributed by atoms with van der Waals surface area (Å²) in [5.74, 6) is 0.425. The number of piperidine rings is 1. The lowest BCUT2D eigenvalue weighted by molar-refractivity contribution is -0.142.